The van der Waals surface area contributed by atoms with Crippen molar-refractivity contribution in [1.29, 1.82) is 0 Å². The highest BCUT2D eigenvalue weighted by atomic mass is 32.1. The van der Waals surface area contributed by atoms with Crippen molar-refractivity contribution in [1.82, 2.24) is 0 Å². The van der Waals surface area contributed by atoms with Crippen LogP contribution in [0.4, 0.5) is 4.39 Å². The molecule has 2 rings (SSSR count). The molecule has 0 unspecified atom stereocenters. The van der Waals surface area contributed by atoms with E-state index in [1.54, 1.807) is 29.6 Å². The molecule has 0 aliphatic heterocycles. The molecule has 1 N–H and O–H groups in total. The van der Waals surface area contributed by atoms with Gasteiger partial charge in [-0.2, -0.15) is 0 Å². The smallest absolute Gasteiger partial charge is 0.349 e. The maximum atomic E-state index is 13.3. The monoisotopic (exact) mass is 252 g/mol. The zero-order chi connectivity index (χ0) is 12.3. The number of carboxylic acids is 1. The molecular formula is C12H9FO3S. The lowest BCUT2D eigenvalue weighted by Gasteiger charge is -2.06. The Bertz CT molecular complexity index is 536. The first-order valence-electron chi connectivity index (χ1n) is 4.85. The summed E-state index contributed by atoms with van der Waals surface area (Å²) in [6.07, 6.45) is 0. The average Bonchev–Trinajstić information content (AvgIpc) is 2.76. The Labute approximate surface area is 101 Å². The van der Waals surface area contributed by atoms with Gasteiger partial charge in [-0.05, 0) is 17.5 Å². The Morgan fingerprint density at radius 1 is 1.35 bits per heavy atom. The van der Waals surface area contributed by atoms with Crippen molar-refractivity contribution in [2.24, 2.45) is 0 Å². The van der Waals surface area contributed by atoms with Gasteiger partial charge >= 0.3 is 5.97 Å². The van der Waals surface area contributed by atoms with Gasteiger partial charge in [0, 0.05) is 5.56 Å². The summed E-state index contributed by atoms with van der Waals surface area (Å²) in [4.78, 5) is 10.9. The van der Waals surface area contributed by atoms with E-state index in [1.807, 2.05) is 0 Å². The third-order valence-electron chi connectivity index (χ3n) is 2.16. The van der Waals surface area contributed by atoms with Crippen molar-refractivity contribution in [3.63, 3.8) is 0 Å². The SMILES string of the molecule is O=C(O)c1sccc1OCc1ccccc1F. The van der Waals surface area contributed by atoms with Crippen LogP contribution in [0, 0.1) is 5.82 Å². The summed E-state index contributed by atoms with van der Waals surface area (Å²) in [7, 11) is 0. The molecule has 5 heteroatoms. The molecule has 0 atom stereocenters. The number of benzene rings is 1. The second-order valence-corrected chi connectivity index (χ2v) is 4.22. The van der Waals surface area contributed by atoms with E-state index >= 15 is 0 Å². The number of hydrogen-bond acceptors (Lipinski definition) is 3. The summed E-state index contributed by atoms with van der Waals surface area (Å²) < 4.78 is 18.6. The third-order valence-corrected chi connectivity index (χ3v) is 3.05. The van der Waals surface area contributed by atoms with Crippen LogP contribution in [0.15, 0.2) is 35.7 Å². The number of aromatic carboxylic acids is 1. The second-order valence-electron chi connectivity index (χ2n) is 3.30. The number of thiophene rings is 1. The lowest BCUT2D eigenvalue weighted by Crippen LogP contribution is -2.01. The average molecular weight is 252 g/mol. The van der Waals surface area contributed by atoms with Crippen LogP contribution in [-0.2, 0) is 6.61 Å². The fourth-order valence-electron chi connectivity index (χ4n) is 1.34. The third kappa shape index (κ3) is 2.62. The molecule has 3 nitrogen and oxygen atoms in total. The molecule has 0 fully saturated rings. The van der Waals surface area contributed by atoms with E-state index in [0.717, 1.165) is 11.3 Å². The maximum Gasteiger partial charge on any atom is 0.349 e. The quantitative estimate of drug-likeness (QED) is 0.909. The van der Waals surface area contributed by atoms with Crippen LogP contribution in [0.2, 0.25) is 0 Å². The lowest BCUT2D eigenvalue weighted by molar-refractivity contribution is 0.0697. The number of carboxylic acid groups (broad SMARTS) is 1. The van der Waals surface area contributed by atoms with Crippen LogP contribution in [-0.4, -0.2) is 11.1 Å². The van der Waals surface area contributed by atoms with E-state index in [2.05, 4.69) is 0 Å². The van der Waals surface area contributed by atoms with Crippen molar-refractivity contribution in [3.05, 3.63) is 52.0 Å². The minimum atomic E-state index is -1.04. The van der Waals surface area contributed by atoms with Crippen molar-refractivity contribution in [3.8, 4) is 5.75 Å². The van der Waals surface area contributed by atoms with E-state index in [1.165, 1.54) is 6.07 Å². The number of ether oxygens (including phenoxy) is 1. The van der Waals surface area contributed by atoms with Crippen LogP contribution in [0.25, 0.3) is 0 Å². The fraction of sp³-hybridized carbons (Fsp3) is 0.0833. The van der Waals surface area contributed by atoms with Gasteiger partial charge in [0.2, 0.25) is 0 Å². The first kappa shape index (κ1) is 11.6. The van der Waals surface area contributed by atoms with Gasteiger partial charge in [-0.3, -0.25) is 0 Å². The molecule has 0 saturated heterocycles. The molecule has 88 valence electrons. The Balaban J connectivity index is 2.10. The second kappa shape index (κ2) is 4.97. The summed E-state index contributed by atoms with van der Waals surface area (Å²) in [5, 5.41) is 10.5. The largest absolute Gasteiger partial charge is 0.487 e. The molecule has 0 saturated carbocycles. The van der Waals surface area contributed by atoms with Gasteiger partial charge in [0.05, 0.1) is 0 Å². The summed E-state index contributed by atoms with van der Waals surface area (Å²) >= 11 is 1.08. The molecule has 1 aromatic heterocycles. The van der Waals surface area contributed by atoms with E-state index in [9.17, 15) is 9.18 Å². The Kier molecular flexibility index (Phi) is 3.39. The van der Waals surface area contributed by atoms with E-state index in [0.29, 0.717) is 5.56 Å². The molecular weight excluding hydrogens is 243 g/mol. The highest BCUT2D eigenvalue weighted by Gasteiger charge is 2.13. The van der Waals surface area contributed by atoms with Gasteiger partial charge in [-0.25, -0.2) is 9.18 Å². The molecule has 0 bridgehead atoms. The van der Waals surface area contributed by atoms with Gasteiger partial charge in [-0.15, -0.1) is 11.3 Å². The lowest BCUT2D eigenvalue weighted by atomic mass is 10.2. The Morgan fingerprint density at radius 2 is 2.12 bits per heavy atom. The minimum Gasteiger partial charge on any atom is -0.487 e. The standard InChI is InChI=1S/C12H9FO3S/c13-9-4-2-1-3-8(9)7-16-10-5-6-17-11(10)12(14)15/h1-6H,7H2,(H,14,15). The number of carbonyl (C=O) groups is 1. The number of halogens is 1. The fourth-order valence-corrected chi connectivity index (χ4v) is 2.01. The van der Waals surface area contributed by atoms with Crippen LogP contribution >= 0.6 is 11.3 Å². The first-order chi connectivity index (χ1) is 8.18. The van der Waals surface area contributed by atoms with Gasteiger partial charge in [0.25, 0.3) is 0 Å². The van der Waals surface area contributed by atoms with E-state index in [-0.39, 0.29) is 23.1 Å². The number of rotatable bonds is 4. The molecule has 17 heavy (non-hydrogen) atoms. The highest BCUT2D eigenvalue weighted by Crippen LogP contribution is 2.25. The zero-order valence-electron chi connectivity index (χ0n) is 8.72. The highest BCUT2D eigenvalue weighted by molar-refractivity contribution is 7.12. The summed E-state index contributed by atoms with van der Waals surface area (Å²) in [5.41, 5.74) is 0.398. The molecule has 0 radical (unpaired) electrons. The molecule has 0 amide bonds. The van der Waals surface area contributed by atoms with Crippen molar-refractivity contribution in [2.45, 2.75) is 6.61 Å². The van der Waals surface area contributed by atoms with E-state index < -0.39 is 5.97 Å². The summed E-state index contributed by atoms with van der Waals surface area (Å²) in [5.74, 6) is -1.13. The normalized spacial score (nSPS) is 10.2. The summed E-state index contributed by atoms with van der Waals surface area (Å²) in [6, 6.07) is 7.79. The first-order valence-corrected chi connectivity index (χ1v) is 5.73. The van der Waals surface area contributed by atoms with Gasteiger partial charge < -0.3 is 9.84 Å². The van der Waals surface area contributed by atoms with E-state index in [4.69, 9.17) is 9.84 Å². The van der Waals surface area contributed by atoms with Crippen LogP contribution in [0.3, 0.4) is 0 Å². The molecule has 0 aliphatic carbocycles. The van der Waals surface area contributed by atoms with Crippen molar-refractivity contribution >= 4 is 17.3 Å². The van der Waals surface area contributed by atoms with Gasteiger partial charge in [0.1, 0.15) is 18.2 Å². The van der Waals surface area contributed by atoms with Crippen molar-refractivity contribution in [2.75, 3.05) is 0 Å². The predicted octanol–water partition coefficient (Wildman–Crippen LogP) is 3.16. The molecule has 2 aromatic rings. The minimum absolute atomic E-state index is 0.0175. The van der Waals surface area contributed by atoms with Crippen LogP contribution in [0.1, 0.15) is 15.2 Å². The zero-order valence-corrected chi connectivity index (χ0v) is 9.54. The summed E-state index contributed by atoms with van der Waals surface area (Å²) in [6.45, 7) is 0.0175. The predicted molar refractivity (Wildman–Crippen MR) is 62.0 cm³/mol. The Hall–Kier alpha value is -1.88. The number of hydrogen-bond donors (Lipinski definition) is 1. The van der Waals surface area contributed by atoms with Gasteiger partial charge in [0.15, 0.2) is 4.88 Å². The molecule has 1 heterocycles. The van der Waals surface area contributed by atoms with Gasteiger partial charge in [-0.1, -0.05) is 18.2 Å². The van der Waals surface area contributed by atoms with Crippen LogP contribution < -0.4 is 4.74 Å². The molecule has 0 spiro atoms. The molecule has 0 aliphatic rings. The maximum absolute atomic E-state index is 13.3. The van der Waals surface area contributed by atoms with Crippen LogP contribution in [0.5, 0.6) is 5.75 Å². The van der Waals surface area contributed by atoms with Crippen molar-refractivity contribution < 1.29 is 19.0 Å². The Morgan fingerprint density at radius 3 is 2.82 bits per heavy atom. The molecule has 1 aromatic carbocycles. The topological polar surface area (TPSA) is 46.5 Å².